The molecule has 0 bridgehead atoms. The number of hydrogen-bond acceptors (Lipinski definition) is 2. The monoisotopic (exact) mass is 303 g/mol. The average molecular weight is 303 g/mol. The summed E-state index contributed by atoms with van der Waals surface area (Å²) < 4.78 is 0. The number of benzene rings is 1. The molecule has 1 unspecified atom stereocenters. The van der Waals surface area contributed by atoms with Crippen LogP contribution in [0.15, 0.2) is 30.3 Å². The second kappa shape index (κ2) is 6.95. The zero-order valence-corrected chi connectivity index (χ0v) is 13.4. The molecule has 0 aromatic heterocycles. The normalized spacial score (nSPS) is 18.5. The summed E-state index contributed by atoms with van der Waals surface area (Å²) in [5, 5.41) is 8.95. The molecule has 4 nitrogen and oxygen atoms in total. The Hall–Kier alpha value is -1.84. The molecule has 2 rings (SSSR count). The first-order valence-corrected chi connectivity index (χ1v) is 7.92. The second-order valence-electron chi connectivity index (χ2n) is 6.98. The average Bonchev–Trinajstić information content (AvgIpc) is 2.86. The lowest BCUT2D eigenvalue weighted by molar-refractivity contribution is -0.140. The summed E-state index contributed by atoms with van der Waals surface area (Å²) in [7, 11) is 0. The highest BCUT2D eigenvalue weighted by molar-refractivity contribution is 5.78. The van der Waals surface area contributed by atoms with Crippen LogP contribution in [-0.2, 0) is 16.0 Å². The Kier molecular flexibility index (Phi) is 5.22. The zero-order valence-electron chi connectivity index (χ0n) is 13.4. The molecule has 0 aliphatic carbocycles. The summed E-state index contributed by atoms with van der Waals surface area (Å²) in [6, 6.07) is 10.5. The molecule has 1 fully saturated rings. The van der Waals surface area contributed by atoms with Crippen LogP contribution in [0.25, 0.3) is 0 Å². The fourth-order valence-electron chi connectivity index (χ4n) is 3.25. The minimum Gasteiger partial charge on any atom is -0.481 e. The first-order valence-electron chi connectivity index (χ1n) is 7.92. The number of carbonyl (C=O) groups is 2. The number of nitrogens with zero attached hydrogens (tertiary/aromatic N) is 1. The number of carboxylic acids is 1. The Morgan fingerprint density at radius 1 is 1.23 bits per heavy atom. The van der Waals surface area contributed by atoms with E-state index in [-0.39, 0.29) is 18.4 Å². The highest BCUT2D eigenvalue weighted by Gasteiger charge is 2.33. The topological polar surface area (TPSA) is 57.6 Å². The number of amides is 1. The maximum absolute atomic E-state index is 12.6. The van der Waals surface area contributed by atoms with Crippen molar-refractivity contribution in [3.8, 4) is 0 Å². The highest BCUT2D eigenvalue weighted by Crippen LogP contribution is 2.29. The lowest BCUT2D eigenvalue weighted by atomic mass is 9.85. The van der Waals surface area contributed by atoms with Gasteiger partial charge in [0.15, 0.2) is 0 Å². The SMILES string of the molecule is CC(C)(CC(=O)O)CC(=O)N1CCCC1Cc1ccccc1. The van der Waals surface area contributed by atoms with Gasteiger partial charge < -0.3 is 10.0 Å². The smallest absolute Gasteiger partial charge is 0.303 e. The van der Waals surface area contributed by atoms with E-state index in [4.69, 9.17) is 5.11 Å². The standard InChI is InChI=1S/C18H25NO3/c1-18(2,13-17(21)22)12-16(20)19-10-6-9-15(19)11-14-7-4-3-5-8-14/h3-5,7-8,15H,6,9-13H2,1-2H3,(H,21,22). The van der Waals surface area contributed by atoms with Gasteiger partial charge in [0.1, 0.15) is 0 Å². The predicted molar refractivity (Wildman–Crippen MR) is 85.5 cm³/mol. The predicted octanol–water partition coefficient (Wildman–Crippen LogP) is 3.11. The molecule has 1 aromatic carbocycles. The summed E-state index contributed by atoms with van der Waals surface area (Å²) >= 11 is 0. The third kappa shape index (κ3) is 4.58. The molecular formula is C18H25NO3. The number of rotatable bonds is 6. The van der Waals surface area contributed by atoms with Crippen LogP contribution in [0.1, 0.15) is 45.1 Å². The van der Waals surface area contributed by atoms with Crippen molar-refractivity contribution in [3.63, 3.8) is 0 Å². The van der Waals surface area contributed by atoms with Crippen LogP contribution >= 0.6 is 0 Å². The molecule has 4 heteroatoms. The molecule has 1 N–H and O–H groups in total. The van der Waals surface area contributed by atoms with Gasteiger partial charge in [0.2, 0.25) is 5.91 Å². The molecule has 1 atom stereocenters. The van der Waals surface area contributed by atoms with Crippen LogP contribution in [0.5, 0.6) is 0 Å². The van der Waals surface area contributed by atoms with Gasteiger partial charge in [-0.25, -0.2) is 0 Å². The molecular weight excluding hydrogens is 278 g/mol. The third-order valence-electron chi connectivity index (χ3n) is 4.27. The first kappa shape index (κ1) is 16.5. The second-order valence-corrected chi connectivity index (χ2v) is 6.98. The molecule has 1 amide bonds. The Morgan fingerprint density at radius 2 is 1.91 bits per heavy atom. The lowest BCUT2D eigenvalue weighted by Crippen LogP contribution is -2.39. The highest BCUT2D eigenvalue weighted by atomic mass is 16.4. The Labute approximate surface area is 132 Å². The van der Waals surface area contributed by atoms with Gasteiger partial charge in [0.25, 0.3) is 0 Å². The fourth-order valence-corrected chi connectivity index (χ4v) is 3.25. The van der Waals surface area contributed by atoms with E-state index >= 15 is 0 Å². The van der Waals surface area contributed by atoms with Gasteiger partial charge in [-0.2, -0.15) is 0 Å². The summed E-state index contributed by atoms with van der Waals surface area (Å²) in [6.07, 6.45) is 3.26. The van der Waals surface area contributed by atoms with E-state index in [1.807, 2.05) is 36.9 Å². The van der Waals surface area contributed by atoms with Gasteiger partial charge in [-0.3, -0.25) is 9.59 Å². The van der Waals surface area contributed by atoms with E-state index in [1.54, 1.807) is 0 Å². The van der Waals surface area contributed by atoms with Crippen molar-refractivity contribution in [1.29, 1.82) is 0 Å². The summed E-state index contributed by atoms with van der Waals surface area (Å²) in [5.74, 6) is -0.760. The number of hydrogen-bond donors (Lipinski definition) is 1. The van der Waals surface area contributed by atoms with E-state index in [0.717, 1.165) is 25.8 Å². The summed E-state index contributed by atoms with van der Waals surface area (Å²) in [5.41, 5.74) is 0.750. The van der Waals surface area contributed by atoms with E-state index < -0.39 is 11.4 Å². The maximum atomic E-state index is 12.6. The van der Waals surface area contributed by atoms with Crippen LogP contribution in [0.3, 0.4) is 0 Å². The van der Waals surface area contributed by atoms with Gasteiger partial charge in [-0.1, -0.05) is 44.2 Å². The van der Waals surface area contributed by atoms with Crippen molar-refractivity contribution >= 4 is 11.9 Å². The molecule has 0 radical (unpaired) electrons. The van der Waals surface area contributed by atoms with Crippen LogP contribution in [0.2, 0.25) is 0 Å². The van der Waals surface area contributed by atoms with Crippen molar-refractivity contribution in [2.75, 3.05) is 6.54 Å². The van der Waals surface area contributed by atoms with Crippen LogP contribution in [0, 0.1) is 5.41 Å². The van der Waals surface area contributed by atoms with Crippen molar-refractivity contribution in [2.24, 2.45) is 5.41 Å². The molecule has 0 saturated carbocycles. The number of aliphatic carboxylic acids is 1. The number of carbonyl (C=O) groups excluding carboxylic acids is 1. The molecule has 1 heterocycles. The van der Waals surface area contributed by atoms with Gasteiger partial charge in [0.05, 0.1) is 6.42 Å². The molecule has 1 saturated heterocycles. The quantitative estimate of drug-likeness (QED) is 0.878. The Bertz CT molecular complexity index is 524. The van der Waals surface area contributed by atoms with Crippen LogP contribution < -0.4 is 0 Å². The third-order valence-corrected chi connectivity index (χ3v) is 4.27. The van der Waals surface area contributed by atoms with E-state index in [9.17, 15) is 9.59 Å². The van der Waals surface area contributed by atoms with E-state index in [2.05, 4.69) is 12.1 Å². The van der Waals surface area contributed by atoms with Crippen LogP contribution in [-0.4, -0.2) is 34.5 Å². The Morgan fingerprint density at radius 3 is 2.55 bits per heavy atom. The summed E-state index contributed by atoms with van der Waals surface area (Å²) in [4.78, 5) is 25.4. The molecule has 1 aliphatic rings. The zero-order chi connectivity index (χ0) is 16.2. The summed E-state index contributed by atoms with van der Waals surface area (Å²) in [6.45, 7) is 4.49. The van der Waals surface area contributed by atoms with Crippen molar-refractivity contribution in [2.45, 2.75) is 52.0 Å². The van der Waals surface area contributed by atoms with Gasteiger partial charge in [0, 0.05) is 19.0 Å². The van der Waals surface area contributed by atoms with Crippen molar-refractivity contribution in [1.82, 2.24) is 4.90 Å². The van der Waals surface area contributed by atoms with Crippen molar-refractivity contribution in [3.05, 3.63) is 35.9 Å². The molecule has 1 aliphatic heterocycles. The minimum absolute atomic E-state index is 0.0237. The fraction of sp³-hybridized carbons (Fsp3) is 0.556. The van der Waals surface area contributed by atoms with Gasteiger partial charge >= 0.3 is 5.97 Å². The van der Waals surface area contributed by atoms with E-state index in [1.165, 1.54) is 5.56 Å². The molecule has 0 spiro atoms. The molecule has 120 valence electrons. The van der Waals surface area contributed by atoms with Gasteiger partial charge in [-0.15, -0.1) is 0 Å². The largest absolute Gasteiger partial charge is 0.481 e. The van der Waals surface area contributed by atoms with E-state index in [0.29, 0.717) is 6.42 Å². The molecule has 22 heavy (non-hydrogen) atoms. The molecule has 1 aromatic rings. The number of likely N-dealkylation sites (tertiary alicyclic amines) is 1. The van der Waals surface area contributed by atoms with Gasteiger partial charge in [-0.05, 0) is 30.2 Å². The lowest BCUT2D eigenvalue weighted by Gasteiger charge is -2.29. The Balaban J connectivity index is 1.98. The maximum Gasteiger partial charge on any atom is 0.303 e. The first-order chi connectivity index (χ1) is 10.4. The van der Waals surface area contributed by atoms with Crippen molar-refractivity contribution < 1.29 is 14.7 Å². The van der Waals surface area contributed by atoms with Crippen LogP contribution in [0.4, 0.5) is 0 Å². The number of carboxylic acid groups (broad SMARTS) is 1. The minimum atomic E-state index is -0.847.